The summed E-state index contributed by atoms with van der Waals surface area (Å²) in [6.07, 6.45) is 4.40. The van der Waals surface area contributed by atoms with Gasteiger partial charge in [-0.3, -0.25) is 0 Å². The van der Waals surface area contributed by atoms with Gasteiger partial charge in [-0.05, 0) is 37.8 Å². The lowest BCUT2D eigenvalue weighted by atomic mass is 9.77. The molecule has 1 aromatic heterocycles. The van der Waals surface area contributed by atoms with E-state index in [4.69, 9.17) is 5.73 Å². The van der Waals surface area contributed by atoms with Crippen LogP contribution in [0.5, 0.6) is 0 Å². The smallest absolute Gasteiger partial charge is 0.126 e. The predicted octanol–water partition coefficient (Wildman–Crippen LogP) is 2.33. The maximum Gasteiger partial charge on any atom is 0.126 e. The standard InChI is InChI=1S/C14H23N3O/c1-10-4-3-7-14(8-10,9-18)17-13-6-5-12(15)11(2)16-13/h5-6,10,18H,3-4,7-9,15H2,1-2H3,(H,16,17). The number of aryl methyl sites for hydroxylation is 1. The lowest BCUT2D eigenvalue weighted by Crippen LogP contribution is -2.46. The summed E-state index contributed by atoms with van der Waals surface area (Å²) >= 11 is 0. The number of rotatable bonds is 3. The fraction of sp³-hybridized carbons (Fsp3) is 0.643. The molecule has 4 N–H and O–H groups in total. The second-order valence-corrected chi connectivity index (χ2v) is 5.64. The summed E-state index contributed by atoms with van der Waals surface area (Å²) in [5.41, 5.74) is 7.09. The molecule has 100 valence electrons. The Morgan fingerprint density at radius 1 is 1.56 bits per heavy atom. The van der Waals surface area contributed by atoms with E-state index >= 15 is 0 Å². The molecule has 18 heavy (non-hydrogen) atoms. The average molecular weight is 249 g/mol. The van der Waals surface area contributed by atoms with Gasteiger partial charge in [0.15, 0.2) is 0 Å². The van der Waals surface area contributed by atoms with Crippen LogP contribution >= 0.6 is 0 Å². The summed E-state index contributed by atoms with van der Waals surface area (Å²) < 4.78 is 0. The Hall–Kier alpha value is -1.29. The van der Waals surface area contributed by atoms with E-state index in [9.17, 15) is 5.11 Å². The third-order valence-corrected chi connectivity index (χ3v) is 3.91. The molecular formula is C14H23N3O. The van der Waals surface area contributed by atoms with Crippen molar-refractivity contribution in [3.8, 4) is 0 Å². The normalized spacial score (nSPS) is 28.1. The Morgan fingerprint density at radius 3 is 2.94 bits per heavy atom. The number of pyridine rings is 1. The molecule has 0 radical (unpaired) electrons. The fourth-order valence-corrected chi connectivity index (χ4v) is 2.87. The number of anilines is 2. The Morgan fingerprint density at radius 2 is 2.33 bits per heavy atom. The highest BCUT2D eigenvalue weighted by Crippen LogP contribution is 2.34. The van der Waals surface area contributed by atoms with Gasteiger partial charge < -0.3 is 16.2 Å². The molecule has 0 amide bonds. The first-order chi connectivity index (χ1) is 8.54. The van der Waals surface area contributed by atoms with E-state index in [0.29, 0.717) is 11.6 Å². The highest BCUT2D eigenvalue weighted by molar-refractivity contribution is 5.50. The molecule has 0 spiro atoms. The molecular weight excluding hydrogens is 226 g/mol. The largest absolute Gasteiger partial charge is 0.397 e. The monoisotopic (exact) mass is 249 g/mol. The van der Waals surface area contributed by atoms with Gasteiger partial charge in [0.05, 0.1) is 23.5 Å². The van der Waals surface area contributed by atoms with Gasteiger partial charge in [-0.1, -0.05) is 19.8 Å². The zero-order valence-corrected chi connectivity index (χ0v) is 11.2. The molecule has 1 aromatic rings. The third kappa shape index (κ3) is 2.75. The van der Waals surface area contributed by atoms with Gasteiger partial charge in [-0.2, -0.15) is 0 Å². The Balaban J connectivity index is 2.16. The number of aliphatic hydroxyl groups is 1. The summed E-state index contributed by atoms with van der Waals surface area (Å²) in [4.78, 5) is 4.44. The highest BCUT2D eigenvalue weighted by Gasteiger charge is 2.34. The molecule has 2 atom stereocenters. The summed E-state index contributed by atoms with van der Waals surface area (Å²) in [7, 11) is 0. The molecule has 0 saturated heterocycles. The van der Waals surface area contributed by atoms with Gasteiger partial charge in [-0.25, -0.2) is 4.98 Å². The van der Waals surface area contributed by atoms with E-state index in [2.05, 4.69) is 17.2 Å². The van der Waals surface area contributed by atoms with Crippen molar-refractivity contribution in [3.63, 3.8) is 0 Å². The first-order valence-corrected chi connectivity index (χ1v) is 6.67. The van der Waals surface area contributed by atoms with E-state index < -0.39 is 0 Å². The molecule has 2 rings (SSSR count). The highest BCUT2D eigenvalue weighted by atomic mass is 16.3. The molecule has 1 saturated carbocycles. The van der Waals surface area contributed by atoms with Crippen molar-refractivity contribution in [3.05, 3.63) is 17.8 Å². The van der Waals surface area contributed by atoms with Crippen LogP contribution in [0.3, 0.4) is 0 Å². The number of nitrogens with zero attached hydrogens (tertiary/aromatic N) is 1. The maximum atomic E-state index is 9.73. The molecule has 2 unspecified atom stereocenters. The SMILES string of the molecule is Cc1nc(NC2(CO)CCCC(C)C2)ccc1N. The van der Waals surface area contributed by atoms with Gasteiger partial charge in [0.25, 0.3) is 0 Å². The van der Waals surface area contributed by atoms with Crippen molar-refractivity contribution in [1.82, 2.24) is 4.98 Å². The van der Waals surface area contributed by atoms with Crippen molar-refractivity contribution in [1.29, 1.82) is 0 Å². The van der Waals surface area contributed by atoms with E-state index in [1.807, 2.05) is 19.1 Å². The molecule has 4 heteroatoms. The van der Waals surface area contributed by atoms with Crippen molar-refractivity contribution < 1.29 is 5.11 Å². The van der Waals surface area contributed by atoms with Crippen LogP contribution in [-0.4, -0.2) is 22.2 Å². The summed E-state index contributed by atoms with van der Waals surface area (Å²) in [6.45, 7) is 4.30. The third-order valence-electron chi connectivity index (χ3n) is 3.91. The maximum absolute atomic E-state index is 9.73. The fourth-order valence-electron chi connectivity index (χ4n) is 2.87. The van der Waals surface area contributed by atoms with Crippen LogP contribution in [0.2, 0.25) is 0 Å². The molecule has 1 aliphatic rings. The van der Waals surface area contributed by atoms with Gasteiger partial charge in [-0.15, -0.1) is 0 Å². The van der Waals surface area contributed by atoms with Gasteiger partial charge >= 0.3 is 0 Å². The van der Waals surface area contributed by atoms with E-state index in [-0.39, 0.29) is 12.1 Å². The van der Waals surface area contributed by atoms with Crippen LogP contribution in [0.25, 0.3) is 0 Å². The minimum atomic E-state index is -0.215. The van der Waals surface area contributed by atoms with Crippen molar-refractivity contribution >= 4 is 11.5 Å². The number of nitrogens with one attached hydrogen (secondary N) is 1. The summed E-state index contributed by atoms with van der Waals surface area (Å²) in [5, 5.41) is 13.2. The van der Waals surface area contributed by atoms with Gasteiger partial charge in [0.1, 0.15) is 5.82 Å². The number of nitrogens with two attached hydrogens (primary N) is 1. The minimum absolute atomic E-state index is 0.155. The van der Waals surface area contributed by atoms with Crippen LogP contribution < -0.4 is 11.1 Å². The van der Waals surface area contributed by atoms with Crippen LogP contribution in [-0.2, 0) is 0 Å². The van der Waals surface area contributed by atoms with Crippen LogP contribution in [0.15, 0.2) is 12.1 Å². The number of aromatic nitrogens is 1. The Kier molecular flexibility index (Phi) is 3.76. The molecule has 1 heterocycles. The molecule has 4 nitrogen and oxygen atoms in total. The zero-order chi connectivity index (χ0) is 13.2. The predicted molar refractivity (Wildman–Crippen MR) is 74.5 cm³/mol. The lowest BCUT2D eigenvalue weighted by Gasteiger charge is -2.39. The Labute approximate surface area is 109 Å². The van der Waals surface area contributed by atoms with Crippen LogP contribution in [0, 0.1) is 12.8 Å². The van der Waals surface area contributed by atoms with E-state index in [1.165, 1.54) is 6.42 Å². The van der Waals surface area contributed by atoms with E-state index in [1.54, 1.807) is 0 Å². The van der Waals surface area contributed by atoms with Crippen LogP contribution in [0.1, 0.15) is 38.3 Å². The second-order valence-electron chi connectivity index (χ2n) is 5.64. The summed E-state index contributed by atoms with van der Waals surface area (Å²) in [5.74, 6) is 1.46. The number of aliphatic hydroxyl groups excluding tert-OH is 1. The van der Waals surface area contributed by atoms with Crippen molar-refractivity contribution in [2.45, 2.75) is 45.1 Å². The topological polar surface area (TPSA) is 71.2 Å². The van der Waals surface area contributed by atoms with Crippen molar-refractivity contribution in [2.24, 2.45) is 5.92 Å². The lowest BCUT2D eigenvalue weighted by molar-refractivity contribution is 0.149. The number of hydrogen-bond donors (Lipinski definition) is 3. The first-order valence-electron chi connectivity index (χ1n) is 6.67. The van der Waals surface area contributed by atoms with E-state index in [0.717, 1.165) is 30.8 Å². The molecule has 0 aliphatic heterocycles. The van der Waals surface area contributed by atoms with Gasteiger partial charge in [0, 0.05) is 0 Å². The first kappa shape index (κ1) is 13.1. The summed E-state index contributed by atoms with van der Waals surface area (Å²) in [6, 6.07) is 3.75. The quantitative estimate of drug-likeness (QED) is 0.769. The second kappa shape index (κ2) is 5.14. The molecule has 0 aromatic carbocycles. The Bertz CT molecular complexity index is 422. The number of nitrogen functional groups attached to an aromatic ring is 1. The zero-order valence-electron chi connectivity index (χ0n) is 11.2. The van der Waals surface area contributed by atoms with Crippen molar-refractivity contribution in [2.75, 3.05) is 17.7 Å². The molecule has 1 fully saturated rings. The average Bonchev–Trinajstić information content (AvgIpc) is 2.34. The van der Waals surface area contributed by atoms with Gasteiger partial charge in [0.2, 0.25) is 0 Å². The number of hydrogen-bond acceptors (Lipinski definition) is 4. The van der Waals surface area contributed by atoms with Crippen LogP contribution in [0.4, 0.5) is 11.5 Å². The minimum Gasteiger partial charge on any atom is -0.397 e. The molecule has 0 bridgehead atoms. The molecule has 1 aliphatic carbocycles.